The van der Waals surface area contributed by atoms with Crippen LogP contribution in [0, 0.1) is 0 Å². The van der Waals surface area contributed by atoms with Crippen LogP contribution in [0.1, 0.15) is 17.5 Å². The van der Waals surface area contributed by atoms with Crippen LogP contribution < -0.4 is 5.32 Å². The van der Waals surface area contributed by atoms with Crippen LogP contribution in [-0.2, 0) is 16.8 Å². The molecule has 3 nitrogen and oxygen atoms in total. The van der Waals surface area contributed by atoms with Gasteiger partial charge in [-0.1, -0.05) is 24.3 Å². The largest absolute Gasteiger partial charge is 0.480 e. The molecule has 0 aromatic heterocycles. The van der Waals surface area contributed by atoms with Gasteiger partial charge < -0.3 is 5.11 Å². The lowest BCUT2D eigenvalue weighted by Gasteiger charge is -2.27. The fourth-order valence-corrected chi connectivity index (χ4v) is 2.34. The van der Waals surface area contributed by atoms with Crippen LogP contribution in [-0.4, -0.2) is 23.8 Å². The minimum absolute atomic E-state index is 0.137. The molecule has 2 rings (SSSR count). The number of carbonyl (C=O) groups is 1. The number of benzene rings is 1. The number of aliphatic carboxylic acids is 1. The summed E-state index contributed by atoms with van der Waals surface area (Å²) in [4.78, 5) is 11.4. The standard InChI is InChI=1S/C12H12F3NO2/c13-12(14,15)7-16-11(10(17)18)6-5-8-3-1-2-4-9(8)11/h1-4,16H,5-7H2,(H,17,18). The van der Waals surface area contributed by atoms with Crippen LogP contribution in [0.2, 0.25) is 0 Å². The average Bonchev–Trinajstić information content (AvgIpc) is 2.66. The normalized spacial score (nSPS) is 22.8. The molecule has 0 fully saturated rings. The molecular formula is C12H12F3NO2. The van der Waals surface area contributed by atoms with E-state index in [0.29, 0.717) is 12.0 Å². The first-order valence-corrected chi connectivity index (χ1v) is 5.49. The minimum atomic E-state index is -4.43. The third-order valence-electron chi connectivity index (χ3n) is 3.20. The highest BCUT2D eigenvalue weighted by Gasteiger charge is 2.47. The molecule has 1 atom stereocenters. The van der Waals surface area contributed by atoms with Crippen molar-refractivity contribution in [1.82, 2.24) is 5.32 Å². The van der Waals surface area contributed by atoms with Gasteiger partial charge in [0.15, 0.2) is 0 Å². The summed E-state index contributed by atoms with van der Waals surface area (Å²) in [6.45, 7) is -1.31. The van der Waals surface area contributed by atoms with Gasteiger partial charge in [0.05, 0.1) is 6.54 Å². The highest BCUT2D eigenvalue weighted by Crippen LogP contribution is 2.37. The van der Waals surface area contributed by atoms with Crippen LogP contribution in [0.5, 0.6) is 0 Å². The van der Waals surface area contributed by atoms with Gasteiger partial charge in [-0.15, -0.1) is 0 Å². The van der Waals surface area contributed by atoms with E-state index in [9.17, 15) is 23.1 Å². The van der Waals surface area contributed by atoms with E-state index in [1.54, 1.807) is 24.3 Å². The molecule has 0 saturated carbocycles. The molecule has 0 spiro atoms. The maximum Gasteiger partial charge on any atom is 0.401 e. The number of carboxylic acid groups (broad SMARTS) is 1. The first kappa shape index (κ1) is 12.9. The van der Waals surface area contributed by atoms with E-state index in [1.165, 1.54) is 0 Å². The highest BCUT2D eigenvalue weighted by atomic mass is 19.4. The van der Waals surface area contributed by atoms with Crippen LogP contribution in [0.3, 0.4) is 0 Å². The van der Waals surface area contributed by atoms with Gasteiger partial charge in [0.1, 0.15) is 5.54 Å². The van der Waals surface area contributed by atoms with Crippen molar-refractivity contribution in [2.75, 3.05) is 6.54 Å². The van der Waals surface area contributed by atoms with E-state index in [4.69, 9.17) is 0 Å². The molecule has 0 radical (unpaired) electrons. The molecule has 0 bridgehead atoms. The number of aryl methyl sites for hydroxylation is 1. The van der Waals surface area contributed by atoms with Gasteiger partial charge in [0, 0.05) is 0 Å². The topological polar surface area (TPSA) is 49.3 Å². The average molecular weight is 259 g/mol. The second-order valence-electron chi connectivity index (χ2n) is 4.34. The summed E-state index contributed by atoms with van der Waals surface area (Å²) >= 11 is 0. The zero-order chi connectivity index (χ0) is 13.4. The molecule has 0 amide bonds. The summed E-state index contributed by atoms with van der Waals surface area (Å²) in [6, 6.07) is 6.70. The Morgan fingerprint density at radius 3 is 2.67 bits per heavy atom. The number of alkyl halides is 3. The van der Waals surface area contributed by atoms with Crippen molar-refractivity contribution in [2.45, 2.75) is 24.6 Å². The van der Waals surface area contributed by atoms with E-state index in [1.807, 2.05) is 0 Å². The highest BCUT2D eigenvalue weighted by molar-refractivity contribution is 5.82. The van der Waals surface area contributed by atoms with E-state index in [2.05, 4.69) is 5.32 Å². The Hall–Kier alpha value is -1.56. The first-order chi connectivity index (χ1) is 8.35. The predicted molar refractivity (Wildman–Crippen MR) is 58.1 cm³/mol. The van der Waals surface area contributed by atoms with Crippen LogP contribution in [0.4, 0.5) is 13.2 Å². The monoisotopic (exact) mass is 259 g/mol. The third kappa shape index (κ3) is 2.20. The van der Waals surface area contributed by atoms with E-state index >= 15 is 0 Å². The maximum absolute atomic E-state index is 12.3. The van der Waals surface area contributed by atoms with Gasteiger partial charge in [0.2, 0.25) is 0 Å². The van der Waals surface area contributed by atoms with Gasteiger partial charge in [-0.3, -0.25) is 5.32 Å². The zero-order valence-corrected chi connectivity index (χ0v) is 9.42. The molecule has 1 aromatic carbocycles. The quantitative estimate of drug-likeness (QED) is 0.873. The molecule has 1 unspecified atom stereocenters. The summed E-state index contributed by atoms with van der Waals surface area (Å²) in [5.41, 5.74) is -0.400. The van der Waals surface area contributed by atoms with Crippen molar-refractivity contribution in [2.24, 2.45) is 0 Å². The van der Waals surface area contributed by atoms with Gasteiger partial charge in [-0.25, -0.2) is 4.79 Å². The maximum atomic E-state index is 12.3. The lowest BCUT2D eigenvalue weighted by molar-refractivity contribution is -0.150. The molecule has 1 aliphatic rings. The van der Waals surface area contributed by atoms with Crippen molar-refractivity contribution in [3.05, 3.63) is 35.4 Å². The fourth-order valence-electron chi connectivity index (χ4n) is 2.34. The Morgan fingerprint density at radius 2 is 2.06 bits per heavy atom. The van der Waals surface area contributed by atoms with Gasteiger partial charge in [-0.05, 0) is 24.0 Å². The Kier molecular flexibility index (Phi) is 3.06. The second kappa shape index (κ2) is 4.28. The van der Waals surface area contributed by atoms with Crippen molar-refractivity contribution in [3.63, 3.8) is 0 Å². The van der Waals surface area contributed by atoms with Gasteiger partial charge in [-0.2, -0.15) is 13.2 Å². The predicted octanol–water partition coefficient (Wildman–Crippen LogP) is 2.06. The molecule has 18 heavy (non-hydrogen) atoms. The Balaban J connectivity index is 2.33. The van der Waals surface area contributed by atoms with Crippen LogP contribution in [0.15, 0.2) is 24.3 Å². The molecular weight excluding hydrogens is 247 g/mol. The van der Waals surface area contributed by atoms with Gasteiger partial charge >= 0.3 is 12.1 Å². The van der Waals surface area contributed by atoms with Crippen LogP contribution in [0.25, 0.3) is 0 Å². The fraction of sp³-hybridized carbons (Fsp3) is 0.417. The molecule has 2 N–H and O–H groups in total. The number of hydrogen-bond donors (Lipinski definition) is 2. The SMILES string of the molecule is O=C(O)C1(NCC(F)(F)F)CCc2ccccc21. The van der Waals surface area contributed by atoms with Crippen LogP contribution >= 0.6 is 0 Å². The summed E-state index contributed by atoms with van der Waals surface area (Å²) in [6.07, 6.45) is -3.83. The van der Waals surface area contributed by atoms with Gasteiger partial charge in [0.25, 0.3) is 0 Å². The van der Waals surface area contributed by atoms with E-state index in [0.717, 1.165) is 5.56 Å². The number of nitrogens with one attached hydrogen (secondary N) is 1. The van der Waals surface area contributed by atoms with Crippen molar-refractivity contribution in [1.29, 1.82) is 0 Å². The Bertz CT molecular complexity index is 473. The molecule has 0 heterocycles. The third-order valence-corrected chi connectivity index (χ3v) is 3.20. The summed E-state index contributed by atoms with van der Waals surface area (Å²) in [5.74, 6) is -1.27. The zero-order valence-electron chi connectivity index (χ0n) is 9.42. The first-order valence-electron chi connectivity index (χ1n) is 5.49. The Morgan fingerprint density at radius 1 is 1.39 bits per heavy atom. The van der Waals surface area contributed by atoms with E-state index < -0.39 is 24.2 Å². The number of fused-ring (bicyclic) bond motifs is 1. The molecule has 0 saturated heterocycles. The molecule has 1 aromatic rings. The van der Waals surface area contributed by atoms with Crippen molar-refractivity contribution >= 4 is 5.97 Å². The molecule has 98 valence electrons. The van der Waals surface area contributed by atoms with Crippen molar-refractivity contribution in [3.8, 4) is 0 Å². The summed E-state index contributed by atoms with van der Waals surface area (Å²) < 4.78 is 36.8. The molecule has 1 aliphatic carbocycles. The lowest BCUT2D eigenvalue weighted by Crippen LogP contribution is -2.50. The summed E-state index contributed by atoms with van der Waals surface area (Å²) in [5, 5.41) is 11.4. The molecule has 0 aliphatic heterocycles. The smallest absolute Gasteiger partial charge is 0.401 e. The summed E-state index contributed by atoms with van der Waals surface area (Å²) in [7, 11) is 0. The lowest BCUT2D eigenvalue weighted by atomic mass is 9.92. The number of halogens is 3. The number of rotatable bonds is 3. The Labute approximate surface area is 102 Å². The number of hydrogen-bond acceptors (Lipinski definition) is 2. The molecule has 6 heteroatoms. The minimum Gasteiger partial charge on any atom is -0.480 e. The van der Waals surface area contributed by atoms with Crippen molar-refractivity contribution < 1.29 is 23.1 Å². The number of carboxylic acids is 1. The van der Waals surface area contributed by atoms with E-state index in [-0.39, 0.29) is 6.42 Å². The second-order valence-corrected chi connectivity index (χ2v) is 4.34.